The van der Waals surface area contributed by atoms with Gasteiger partial charge in [-0.1, -0.05) is 0 Å². The second-order valence-electron chi connectivity index (χ2n) is 6.40. The molecular weight excluding hydrogens is 530 g/mol. The van der Waals surface area contributed by atoms with Crippen molar-refractivity contribution in [2.75, 3.05) is 12.4 Å². The number of aliphatic hydroxyl groups is 1. The number of hydrogen-bond acceptors (Lipinski definition) is 11. The Bertz CT molecular complexity index is 1050. The van der Waals surface area contributed by atoms with Gasteiger partial charge < -0.3 is 35.2 Å². The number of aliphatic hydroxyl groups excluding tert-OH is 1. The van der Waals surface area contributed by atoms with Crippen molar-refractivity contribution >= 4 is 40.9 Å². The van der Waals surface area contributed by atoms with Gasteiger partial charge in [0.15, 0.2) is 6.23 Å². The van der Waals surface area contributed by atoms with Gasteiger partial charge in [-0.15, -0.1) is 11.6 Å². The number of rotatable bonds is 9. The van der Waals surface area contributed by atoms with Crippen LogP contribution in [0.15, 0.2) is 17.1 Å². The molecule has 2 rings (SSSR count). The number of alkyl halides is 2. The van der Waals surface area contributed by atoms with Gasteiger partial charge in [0.25, 0.3) is 0 Å². The van der Waals surface area contributed by atoms with E-state index in [0.29, 0.717) is 4.57 Å². The first-order chi connectivity index (χ1) is 14.4. The summed E-state index contributed by atoms with van der Waals surface area (Å²) in [6, 6.07) is 1.15. The fourth-order valence-corrected chi connectivity index (χ4v) is 6.22. The molecule has 1 aromatic rings. The van der Waals surface area contributed by atoms with Gasteiger partial charge in [0.2, 0.25) is 0 Å². The zero-order chi connectivity index (χ0) is 24.7. The molecule has 0 spiro atoms. The average molecular weight is 548 g/mol. The number of phosphoric ester groups is 1. The second-order valence-corrected chi connectivity index (χ2v) is 11.5. The lowest BCUT2D eigenvalue weighted by Gasteiger charge is -2.28. The lowest BCUT2D eigenvalue weighted by Crippen LogP contribution is -2.47. The summed E-state index contributed by atoms with van der Waals surface area (Å²) < 4.78 is 65.6. The third-order valence-corrected chi connectivity index (χ3v) is 8.42. The van der Waals surface area contributed by atoms with E-state index in [9.17, 15) is 37.8 Å². The van der Waals surface area contributed by atoms with E-state index in [1.807, 2.05) is 0 Å². The van der Waals surface area contributed by atoms with Gasteiger partial charge >= 0.3 is 29.2 Å². The largest absolute Gasteiger partial charge is 0.490 e. The van der Waals surface area contributed by atoms with Gasteiger partial charge in [0.1, 0.15) is 29.6 Å². The van der Waals surface area contributed by atoms with E-state index < -0.39 is 65.2 Å². The number of nitrogens with two attached hydrogens (primary N) is 1. The molecule has 0 bridgehead atoms. The molecular formula is C11H18ClFN3O13P3. The molecule has 0 radical (unpaired) electrons. The molecule has 16 nitrogen and oxygen atoms in total. The van der Waals surface area contributed by atoms with Crippen LogP contribution in [0.4, 0.5) is 10.2 Å². The van der Waals surface area contributed by atoms with Crippen molar-refractivity contribution in [1.29, 1.82) is 0 Å². The van der Waals surface area contributed by atoms with Crippen molar-refractivity contribution in [3.8, 4) is 0 Å². The fourth-order valence-electron chi connectivity index (χ4n) is 2.74. The maximum atomic E-state index is 13.8. The van der Waals surface area contributed by atoms with E-state index in [2.05, 4.69) is 18.1 Å². The smallest absolute Gasteiger partial charge is 0.388 e. The Hall–Kier alpha value is -0.770. The van der Waals surface area contributed by atoms with Crippen molar-refractivity contribution in [3.63, 3.8) is 0 Å². The van der Waals surface area contributed by atoms with Gasteiger partial charge in [-0.25, -0.2) is 22.9 Å². The molecule has 1 saturated heterocycles. The average Bonchev–Trinajstić information content (AvgIpc) is 2.84. The van der Waals surface area contributed by atoms with Gasteiger partial charge in [-0.3, -0.25) is 9.09 Å². The van der Waals surface area contributed by atoms with Crippen LogP contribution < -0.4 is 11.4 Å². The first-order valence-electron chi connectivity index (χ1n) is 8.16. The van der Waals surface area contributed by atoms with Crippen molar-refractivity contribution in [2.45, 2.75) is 36.3 Å². The topological polar surface area (TPSA) is 250 Å². The summed E-state index contributed by atoms with van der Waals surface area (Å²) in [4.78, 5) is 49.0. The normalized spacial score (nSPS) is 31.1. The van der Waals surface area contributed by atoms with E-state index in [0.717, 1.165) is 19.2 Å². The first-order valence-corrected chi connectivity index (χ1v) is 13.1. The van der Waals surface area contributed by atoms with Crippen LogP contribution in [0.2, 0.25) is 0 Å². The minimum atomic E-state index is -5.80. The molecule has 7 atom stereocenters. The standard InChI is InChI=1S/C11H18ClFN3O13P3/c1-5(27-31(22,23)29-32(24,25)28-30(19,20)21)7-8(17)11(12,4-13)9(26-7)16-3-2-6(14)15-10(16)18/h2-3,5,7-9,17H,4H2,1H3,(H,22,23)(H,24,25)(H2,14,15,18)(H2,19,20,21)/t5-,7-,8+,9-,11?/m1/s1. The van der Waals surface area contributed by atoms with Crippen LogP contribution in [0, 0.1) is 0 Å². The van der Waals surface area contributed by atoms with Crippen molar-refractivity contribution in [2.24, 2.45) is 0 Å². The molecule has 0 aliphatic carbocycles. The number of anilines is 1. The molecule has 1 fully saturated rings. The van der Waals surface area contributed by atoms with Crippen LogP contribution in [0.25, 0.3) is 0 Å². The van der Waals surface area contributed by atoms with E-state index in [4.69, 9.17) is 31.9 Å². The minimum Gasteiger partial charge on any atom is -0.388 e. The van der Waals surface area contributed by atoms with Crippen LogP contribution in [0.5, 0.6) is 0 Å². The Morgan fingerprint density at radius 1 is 1.31 bits per heavy atom. The number of ether oxygens (including phenoxy) is 1. The van der Waals surface area contributed by atoms with Crippen LogP contribution in [0.3, 0.4) is 0 Å². The summed E-state index contributed by atoms with van der Waals surface area (Å²) >= 11 is 6.13. The molecule has 0 amide bonds. The number of aromatic nitrogens is 2. The van der Waals surface area contributed by atoms with E-state index in [1.54, 1.807) is 0 Å². The number of hydrogen-bond donors (Lipinski definition) is 6. The molecule has 1 aliphatic rings. The SMILES string of the molecule is C[C@@H](OP(=O)(O)OP(=O)(O)OP(=O)(O)O)[C@H]1O[C@@H](n2ccc(N)nc2=O)C(Cl)(CF)[C@H]1O. The van der Waals surface area contributed by atoms with Gasteiger partial charge in [-0.2, -0.15) is 13.6 Å². The van der Waals surface area contributed by atoms with E-state index in [-0.39, 0.29) is 5.82 Å². The zero-order valence-electron chi connectivity index (χ0n) is 15.7. The lowest BCUT2D eigenvalue weighted by molar-refractivity contribution is -0.0754. The third-order valence-electron chi connectivity index (χ3n) is 3.99. The fraction of sp³-hybridized carbons (Fsp3) is 0.636. The maximum Gasteiger partial charge on any atom is 0.490 e. The van der Waals surface area contributed by atoms with Crippen molar-refractivity contribution < 1.29 is 60.6 Å². The quantitative estimate of drug-likeness (QED) is 0.172. The highest BCUT2D eigenvalue weighted by Crippen LogP contribution is 2.66. The summed E-state index contributed by atoms with van der Waals surface area (Å²) in [5.74, 6) is -0.178. The molecule has 0 aromatic carbocycles. The van der Waals surface area contributed by atoms with E-state index >= 15 is 0 Å². The molecule has 0 saturated carbocycles. The van der Waals surface area contributed by atoms with Gasteiger partial charge in [0.05, 0.1) is 6.10 Å². The van der Waals surface area contributed by atoms with Crippen molar-refractivity contribution in [3.05, 3.63) is 22.7 Å². The summed E-state index contributed by atoms with van der Waals surface area (Å²) in [6.45, 7) is -0.482. The number of nitrogens with zero attached hydrogens (tertiary/aromatic N) is 2. The van der Waals surface area contributed by atoms with Crippen LogP contribution in [0.1, 0.15) is 13.2 Å². The highest BCUT2D eigenvalue weighted by Gasteiger charge is 2.59. The number of nitrogen functional groups attached to an aromatic ring is 1. The Kier molecular flexibility index (Phi) is 8.13. The molecule has 1 aliphatic heterocycles. The summed E-state index contributed by atoms with van der Waals surface area (Å²) in [7, 11) is -17.0. The molecule has 184 valence electrons. The van der Waals surface area contributed by atoms with Crippen LogP contribution in [-0.2, 0) is 31.6 Å². The number of halogens is 2. The summed E-state index contributed by atoms with van der Waals surface area (Å²) in [5, 5.41) is 10.5. The molecule has 32 heavy (non-hydrogen) atoms. The summed E-state index contributed by atoms with van der Waals surface area (Å²) in [6.07, 6.45) is -6.09. The van der Waals surface area contributed by atoms with Crippen molar-refractivity contribution in [1.82, 2.24) is 9.55 Å². The Morgan fingerprint density at radius 2 is 1.91 bits per heavy atom. The molecule has 1 aromatic heterocycles. The maximum absolute atomic E-state index is 13.8. The number of phosphoric acid groups is 3. The Balaban J connectivity index is 2.25. The highest BCUT2D eigenvalue weighted by molar-refractivity contribution is 7.66. The second kappa shape index (κ2) is 9.47. The Morgan fingerprint density at radius 3 is 2.41 bits per heavy atom. The van der Waals surface area contributed by atoms with Crippen LogP contribution >= 0.6 is 35.1 Å². The highest BCUT2D eigenvalue weighted by atomic mass is 35.5. The van der Waals surface area contributed by atoms with Gasteiger partial charge in [-0.05, 0) is 13.0 Å². The van der Waals surface area contributed by atoms with E-state index in [1.165, 1.54) is 0 Å². The molecule has 2 heterocycles. The first kappa shape index (κ1) is 27.5. The van der Waals surface area contributed by atoms with Crippen LogP contribution in [-0.4, -0.2) is 64.1 Å². The monoisotopic (exact) mass is 547 g/mol. The lowest BCUT2D eigenvalue weighted by atomic mass is 9.97. The Labute approximate surface area is 183 Å². The summed E-state index contributed by atoms with van der Waals surface area (Å²) in [5.41, 5.74) is 4.34. The molecule has 21 heteroatoms. The predicted molar refractivity (Wildman–Crippen MR) is 102 cm³/mol. The third kappa shape index (κ3) is 6.42. The predicted octanol–water partition coefficient (Wildman–Crippen LogP) is -0.237. The zero-order valence-corrected chi connectivity index (χ0v) is 19.2. The van der Waals surface area contributed by atoms with Gasteiger partial charge in [0, 0.05) is 6.20 Å². The minimum absolute atomic E-state index is 0.178. The molecule has 3 unspecified atom stereocenters. The molecule has 7 N–H and O–H groups in total.